The van der Waals surface area contributed by atoms with Gasteiger partial charge < -0.3 is 19.3 Å². The summed E-state index contributed by atoms with van der Waals surface area (Å²) in [6.45, 7) is 4.71. The highest BCUT2D eigenvalue weighted by Gasteiger charge is 2.29. The standard InChI is InChI=1S/C32H36FN5O3/c1-22-14-23(8-10-35-22)18-37(27-5-3-11-36(21-27)26-4-2-9-34-17-26)19-24-20-38(25-6-7-25)30-16-31(41-13-12-39)29(33)15-28(30)32(24)40/h2,4,8-10,14-17,20,25,27,39H,3,5-7,11-13,18-19,21H2,1H3. The van der Waals surface area contributed by atoms with E-state index in [0.717, 1.165) is 55.7 Å². The molecule has 214 valence electrons. The molecule has 3 aromatic heterocycles. The predicted octanol–water partition coefficient (Wildman–Crippen LogP) is 4.62. The van der Waals surface area contributed by atoms with Gasteiger partial charge in [0, 0.05) is 79.6 Å². The van der Waals surface area contributed by atoms with E-state index in [2.05, 4.69) is 36.5 Å². The molecule has 1 N–H and O–H groups in total. The van der Waals surface area contributed by atoms with Crippen LogP contribution < -0.4 is 15.1 Å². The smallest absolute Gasteiger partial charge is 0.193 e. The molecule has 1 saturated carbocycles. The lowest BCUT2D eigenvalue weighted by Gasteiger charge is -2.40. The fraction of sp³-hybridized carbons (Fsp3) is 0.406. The highest BCUT2D eigenvalue weighted by molar-refractivity contribution is 5.81. The van der Waals surface area contributed by atoms with Crippen LogP contribution in [0.1, 0.15) is 48.5 Å². The second-order valence-electron chi connectivity index (χ2n) is 11.2. The molecule has 0 amide bonds. The summed E-state index contributed by atoms with van der Waals surface area (Å²) in [5.74, 6) is -0.536. The molecule has 6 rings (SSSR count). The average Bonchev–Trinajstić information content (AvgIpc) is 3.84. The summed E-state index contributed by atoms with van der Waals surface area (Å²) >= 11 is 0. The minimum absolute atomic E-state index is 0.00490. The average molecular weight is 558 g/mol. The van der Waals surface area contributed by atoms with E-state index < -0.39 is 5.82 Å². The topological polar surface area (TPSA) is 83.7 Å². The van der Waals surface area contributed by atoms with Gasteiger partial charge in [-0.2, -0.15) is 0 Å². The van der Waals surface area contributed by atoms with Gasteiger partial charge in [0.15, 0.2) is 17.0 Å². The van der Waals surface area contributed by atoms with Gasteiger partial charge in [-0.25, -0.2) is 4.39 Å². The Morgan fingerprint density at radius 2 is 2.02 bits per heavy atom. The Morgan fingerprint density at radius 3 is 2.78 bits per heavy atom. The third-order valence-corrected chi connectivity index (χ3v) is 8.09. The van der Waals surface area contributed by atoms with Crippen molar-refractivity contribution in [2.24, 2.45) is 0 Å². The number of rotatable bonds is 10. The van der Waals surface area contributed by atoms with Gasteiger partial charge in [-0.3, -0.25) is 19.7 Å². The highest BCUT2D eigenvalue weighted by atomic mass is 19.1. The summed E-state index contributed by atoms with van der Waals surface area (Å²) in [6.07, 6.45) is 11.6. The van der Waals surface area contributed by atoms with Crippen molar-refractivity contribution >= 4 is 16.6 Å². The number of aliphatic hydroxyl groups excluding tert-OH is 1. The SMILES string of the molecule is Cc1cc(CN(Cc2cn(C3CC3)c3cc(OCCO)c(F)cc3c2=O)C2CCCN(c3cccnc3)C2)ccn1. The summed E-state index contributed by atoms with van der Waals surface area (Å²) in [6, 6.07) is 11.6. The molecular weight excluding hydrogens is 521 g/mol. The van der Waals surface area contributed by atoms with E-state index in [-0.39, 0.29) is 36.5 Å². The molecular formula is C32H36FN5O3. The van der Waals surface area contributed by atoms with E-state index in [1.807, 2.05) is 37.6 Å². The normalized spacial score (nSPS) is 17.4. The van der Waals surface area contributed by atoms with E-state index in [4.69, 9.17) is 9.84 Å². The number of aliphatic hydroxyl groups is 1. The molecule has 41 heavy (non-hydrogen) atoms. The lowest BCUT2D eigenvalue weighted by Crippen LogP contribution is -2.48. The number of hydrogen-bond acceptors (Lipinski definition) is 7. The van der Waals surface area contributed by atoms with E-state index in [1.54, 1.807) is 12.3 Å². The maximum atomic E-state index is 15.0. The van der Waals surface area contributed by atoms with E-state index in [9.17, 15) is 4.79 Å². The number of anilines is 1. The van der Waals surface area contributed by atoms with Gasteiger partial charge in [0.05, 0.1) is 24.0 Å². The van der Waals surface area contributed by atoms with Crippen LogP contribution in [0.4, 0.5) is 10.1 Å². The minimum atomic E-state index is -0.592. The van der Waals surface area contributed by atoms with Gasteiger partial charge in [-0.05, 0) is 68.5 Å². The van der Waals surface area contributed by atoms with Crippen LogP contribution in [-0.4, -0.2) is 56.9 Å². The number of aryl methyl sites for hydroxylation is 1. The van der Waals surface area contributed by atoms with Gasteiger partial charge >= 0.3 is 0 Å². The number of nitrogens with zero attached hydrogens (tertiary/aromatic N) is 5. The Bertz CT molecular complexity index is 1570. The first-order valence-electron chi connectivity index (χ1n) is 14.4. The van der Waals surface area contributed by atoms with Crippen LogP contribution in [0.2, 0.25) is 0 Å². The van der Waals surface area contributed by atoms with E-state index in [1.165, 1.54) is 6.07 Å². The molecule has 9 heteroatoms. The van der Waals surface area contributed by atoms with Gasteiger partial charge in [0.1, 0.15) is 6.61 Å². The summed E-state index contributed by atoms with van der Waals surface area (Å²) in [5.41, 5.74) is 4.40. The van der Waals surface area contributed by atoms with Crippen LogP contribution in [0.3, 0.4) is 0 Å². The number of fused-ring (bicyclic) bond motifs is 1. The number of benzene rings is 1. The number of ether oxygens (including phenoxy) is 1. The number of halogens is 1. The fourth-order valence-corrected chi connectivity index (χ4v) is 5.94. The molecule has 1 atom stereocenters. The van der Waals surface area contributed by atoms with Crippen molar-refractivity contribution in [2.45, 2.75) is 57.8 Å². The molecule has 2 fully saturated rings. The number of pyridine rings is 3. The molecule has 1 saturated heterocycles. The van der Waals surface area contributed by atoms with Crippen LogP contribution in [0.25, 0.3) is 10.9 Å². The van der Waals surface area contributed by atoms with Crippen molar-refractivity contribution in [1.82, 2.24) is 19.4 Å². The summed E-state index contributed by atoms with van der Waals surface area (Å²) in [7, 11) is 0. The number of piperidine rings is 1. The van der Waals surface area contributed by atoms with Crippen LogP contribution in [0, 0.1) is 12.7 Å². The highest BCUT2D eigenvalue weighted by Crippen LogP contribution is 2.38. The molecule has 1 aliphatic carbocycles. The maximum absolute atomic E-state index is 15.0. The first kappa shape index (κ1) is 27.4. The van der Waals surface area contributed by atoms with Crippen LogP contribution in [-0.2, 0) is 13.1 Å². The second kappa shape index (κ2) is 12.0. The first-order chi connectivity index (χ1) is 20.0. The molecule has 1 aromatic carbocycles. The van der Waals surface area contributed by atoms with Crippen molar-refractivity contribution in [3.8, 4) is 5.75 Å². The molecule has 4 aromatic rings. The van der Waals surface area contributed by atoms with Crippen LogP contribution >= 0.6 is 0 Å². The zero-order valence-corrected chi connectivity index (χ0v) is 23.4. The maximum Gasteiger partial charge on any atom is 0.193 e. The lowest BCUT2D eigenvalue weighted by molar-refractivity contribution is 0.158. The number of hydrogen-bond donors (Lipinski definition) is 1. The molecule has 4 heterocycles. The molecule has 1 aliphatic heterocycles. The van der Waals surface area contributed by atoms with E-state index >= 15 is 4.39 Å². The minimum Gasteiger partial charge on any atom is -0.488 e. The van der Waals surface area contributed by atoms with Crippen molar-refractivity contribution in [3.63, 3.8) is 0 Å². The van der Waals surface area contributed by atoms with Crippen molar-refractivity contribution < 1.29 is 14.2 Å². The first-order valence-corrected chi connectivity index (χ1v) is 14.4. The zero-order chi connectivity index (χ0) is 28.3. The summed E-state index contributed by atoms with van der Waals surface area (Å²) in [4.78, 5) is 27.4. The Morgan fingerprint density at radius 1 is 1.15 bits per heavy atom. The molecule has 0 radical (unpaired) electrons. The Hall–Kier alpha value is -3.82. The molecule has 1 unspecified atom stereocenters. The quantitative estimate of drug-likeness (QED) is 0.305. The van der Waals surface area contributed by atoms with Gasteiger partial charge in [-0.1, -0.05) is 0 Å². The molecule has 2 aliphatic rings. The fourth-order valence-electron chi connectivity index (χ4n) is 5.94. The zero-order valence-electron chi connectivity index (χ0n) is 23.4. The third-order valence-electron chi connectivity index (χ3n) is 8.09. The molecule has 0 bridgehead atoms. The number of aromatic nitrogens is 3. The van der Waals surface area contributed by atoms with Gasteiger partial charge in [-0.15, -0.1) is 0 Å². The Labute approximate surface area is 239 Å². The third kappa shape index (κ3) is 6.11. The Kier molecular flexibility index (Phi) is 7.98. The molecule has 0 spiro atoms. The Balaban J connectivity index is 1.37. The van der Waals surface area contributed by atoms with Gasteiger partial charge in [0.25, 0.3) is 0 Å². The van der Waals surface area contributed by atoms with E-state index in [0.29, 0.717) is 29.6 Å². The summed E-state index contributed by atoms with van der Waals surface area (Å²) in [5, 5.41) is 9.51. The largest absolute Gasteiger partial charge is 0.488 e. The van der Waals surface area contributed by atoms with Crippen LogP contribution in [0.15, 0.2) is 66.0 Å². The van der Waals surface area contributed by atoms with Gasteiger partial charge in [0.2, 0.25) is 0 Å². The second-order valence-corrected chi connectivity index (χ2v) is 11.2. The van der Waals surface area contributed by atoms with Crippen LogP contribution in [0.5, 0.6) is 5.75 Å². The monoisotopic (exact) mass is 557 g/mol. The van der Waals surface area contributed by atoms with Crippen molar-refractivity contribution in [3.05, 3.63) is 94.0 Å². The lowest BCUT2D eigenvalue weighted by atomic mass is 10.0. The van der Waals surface area contributed by atoms with Crippen molar-refractivity contribution in [1.29, 1.82) is 0 Å². The van der Waals surface area contributed by atoms with Crippen molar-refractivity contribution in [2.75, 3.05) is 31.2 Å². The molecule has 8 nitrogen and oxygen atoms in total. The summed E-state index contributed by atoms with van der Waals surface area (Å²) < 4.78 is 22.5. The predicted molar refractivity (Wildman–Crippen MR) is 157 cm³/mol.